The Kier molecular flexibility index (Phi) is 2.14. The zero-order chi connectivity index (χ0) is 10.2. The lowest BCUT2D eigenvalue weighted by Crippen LogP contribution is -2.29. The first-order valence-corrected chi connectivity index (χ1v) is 3.74. The van der Waals surface area contributed by atoms with Crippen molar-refractivity contribution < 1.29 is 0 Å². The van der Waals surface area contributed by atoms with Gasteiger partial charge in [-0.15, -0.1) is 0 Å². The van der Waals surface area contributed by atoms with Gasteiger partial charge in [0.25, 0.3) is 5.56 Å². The molecule has 1 heterocycles. The highest BCUT2D eigenvalue weighted by Crippen LogP contribution is 2.10. The molecule has 0 bridgehead atoms. The van der Waals surface area contributed by atoms with Gasteiger partial charge in [-0.2, -0.15) is 4.98 Å². The van der Waals surface area contributed by atoms with Gasteiger partial charge in [0.15, 0.2) is 5.82 Å². The van der Waals surface area contributed by atoms with Crippen LogP contribution in [-0.4, -0.2) is 23.6 Å². The average Bonchev–Trinajstić information content (AvgIpc) is 2.07. The number of anilines is 3. The maximum Gasteiger partial charge on any atom is 0.280 e. The highest BCUT2D eigenvalue weighted by atomic mass is 16.1. The van der Waals surface area contributed by atoms with Crippen molar-refractivity contribution >= 4 is 17.5 Å². The van der Waals surface area contributed by atoms with Crippen molar-refractivity contribution in [2.24, 2.45) is 7.05 Å². The second kappa shape index (κ2) is 2.96. The summed E-state index contributed by atoms with van der Waals surface area (Å²) >= 11 is 0. The van der Waals surface area contributed by atoms with E-state index in [9.17, 15) is 4.79 Å². The van der Waals surface area contributed by atoms with E-state index in [1.165, 1.54) is 4.57 Å². The van der Waals surface area contributed by atoms with E-state index in [0.29, 0.717) is 5.95 Å². The quantitative estimate of drug-likeness (QED) is 0.583. The van der Waals surface area contributed by atoms with Crippen LogP contribution in [0.4, 0.5) is 17.5 Å². The first-order valence-electron chi connectivity index (χ1n) is 3.74. The van der Waals surface area contributed by atoms with Crippen LogP contribution < -0.4 is 21.9 Å². The molecule has 0 fully saturated rings. The highest BCUT2D eigenvalue weighted by molar-refractivity contribution is 5.59. The van der Waals surface area contributed by atoms with Crippen LogP contribution in [0.15, 0.2) is 4.79 Å². The molecule has 0 aromatic carbocycles. The first kappa shape index (κ1) is 9.37. The van der Waals surface area contributed by atoms with E-state index in [2.05, 4.69) is 4.98 Å². The van der Waals surface area contributed by atoms with Gasteiger partial charge in [-0.05, 0) is 0 Å². The second-order valence-corrected chi connectivity index (χ2v) is 2.97. The molecule has 0 atom stereocenters. The molecule has 1 aromatic heterocycles. The third-order valence-corrected chi connectivity index (χ3v) is 1.73. The highest BCUT2D eigenvalue weighted by Gasteiger charge is 2.10. The molecular weight excluding hydrogens is 170 g/mol. The minimum Gasteiger partial charge on any atom is -0.391 e. The van der Waals surface area contributed by atoms with Gasteiger partial charge >= 0.3 is 0 Å². The van der Waals surface area contributed by atoms with Gasteiger partial charge in [0, 0.05) is 21.1 Å². The second-order valence-electron chi connectivity index (χ2n) is 2.97. The monoisotopic (exact) mass is 183 g/mol. The molecule has 6 nitrogen and oxygen atoms in total. The van der Waals surface area contributed by atoms with Crippen LogP contribution in [0.5, 0.6) is 0 Å². The third-order valence-electron chi connectivity index (χ3n) is 1.73. The first-order chi connectivity index (χ1) is 5.95. The Hall–Kier alpha value is -1.72. The lowest BCUT2D eigenvalue weighted by molar-refractivity contribution is 0.801. The van der Waals surface area contributed by atoms with Crippen molar-refractivity contribution in [1.82, 2.24) is 9.55 Å². The van der Waals surface area contributed by atoms with Crippen LogP contribution in [0.2, 0.25) is 0 Å². The van der Waals surface area contributed by atoms with Crippen LogP contribution >= 0.6 is 0 Å². The number of nitrogen functional groups attached to an aromatic ring is 2. The van der Waals surface area contributed by atoms with E-state index in [0.717, 1.165) is 0 Å². The summed E-state index contributed by atoms with van der Waals surface area (Å²) in [4.78, 5) is 17.1. The van der Waals surface area contributed by atoms with E-state index >= 15 is 0 Å². The number of nitrogens with zero attached hydrogens (tertiary/aromatic N) is 3. The summed E-state index contributed by atoms with van der Waals surface area (Å²) in [6.45, 7) is 0. The molecule has 0 spiro atoms. The third kappa shape index (κ3) is 1.42. The molecule has 72 valence electrons. The SMILES string of the molecule is CN(C)c1nc(N)c(N)c(=O)n1C. The molecule has 1 aromatic rings. The molecule has 0 aliphatic rings. The van der Waals surface area contributed by atoms with Crippen molar-refractivity contribution in [3.63, 3.8) is 0 Å². The van der Waals surface area contributed by atoms with E-state index in [1.807, 2.05) is 0 Å². The van der Waals surface area contributed by atoms with Crippen LogP contribution in [0.25, 0.3) is 0 Å². The van der Waals surface area contributed by atoms with E-state index < -0.39 is 0 Å². The Bertz CT molecular complexity index is 381. The van der Waals surface area contributed by atoms with Crippen molar-refractivity contribution in [1.29, 1.82) is 0 Å². The summed E-state index contributed by atoms with van der Waals surface area (Å²) in [5.74, 6) is 0.559. The van der Waals surface area contributed by atoms with Gasteiger partial charge in [0.05, 0.1) is 0 Å². The van der Waals surface area contributed by atoms with Crippen molar-refractivity contribution in [3.8, 4) is 0 Å². The number of hydrogen-bond acceptors (Lipinski definition) is 5. The fourth-order valence-electron chi connectivity index (χ4n) is 1.02. The molecular formula is C7H13N5O. The van der Waals surface area contributed by atoms with Crippen LogP contribution in [0.3, 0.4) is 0 Å². The summed E-state index contributed by atoms with van der Waals surface area (Å²) in [5, 5.41) is 0. The fraction of sp³-hybridized carbons (Fsp3) is 0.429. The minimum atomic E-state index is -0.323. The zero-order valence-electron chi connectivity index (χ0n) is 7.90. The lowest BCUT2D eigenvalue weighted by atomic mass is 10.5. The number of aromatic nitrogens is 2. The summed E-state index contributed by atoms with van der Waals surface area (Å²) in [6.07, 6.45) is 0. The van der Waals surface area contributed by atoms with Gasteiger partial charge in [-0.25, -0.2) is 0 Å². The maximum absolute atomic E-state index is 11.4. The Labute approximate surface area is 75.8 Å². The van der Waals surface area contributed by atoms with Crippen LogP contribution in [0, 0.1) is 0 Å². The Morgan fingerprint density at radius 1 is 1.38 bits per heavy atom. The van der Waals surface area contributed by atoms with Crippen molar-refractivity contribution in [3.05, 3.63) is 10.4 Å². The molecule has 0 radical (unpaired) electrons. The molecule has 0 aliphatic carbocycles. The maximum atomic E-state index is 11.4. The predicted octanol–water partition coefficient (Wildman–Crippen LogP) is -0.989. The summed E-state index contributed by atoms with van der Waals surface area (Å²) in [6, 6.07) is 0. The van der Waals surface area contributed by atoms with Crippen LogP contribution in [0.1, 0.15) is 0 Å². The molecule has 0 unspecified atom stereocenters. The van der Waals surface area contributed by atoms with Gasteiger partial charge in [0.1, 0.15) is 5.69 Å². The normalized spacial score (nSPS) is 10.1. The van der Waals surface area contributed by atoms with E-state index in [4.69, 9.17) is 11.5 Å². The average molecular weight is 183 g/mol. The largest absolute Gasteiger partial charge is 0.391 e. The van der Waals surface area contributed by atoms with E-state index in [1.54, 1.807) is 26.0 Å². The molecule has 0 amide bonds. The smallest absolute Gasteiger partial charge is 0.280 e. The van der Waals surface area contributed by atoms with Crippen molar-refractivity contribution in [2.75, 3.05) is 30.5 Å². The van der Waals surface area contributed by atoms with Gasteiger partial charge in [0.2, 0.25) is 5.95 Å². The molecule has 4 N–H and O–H groups in total. The number of rotatable bonds is 1. The summed E-state index contributed by atoms with van der Waals surface area (Å²) < 4.78 is 1.35. The molecule has 1 rings (SSSR count). The minimum absolute atomic E-state index is 0.00639. The Balaban J connectivity index is 3.51. The molecule has 0 aliphatic heterocycles. The lowest BCUT2D eigenvalue weighted by Gasteiger charge is -2.15. The number of nitrogens with two attached hydrogens (primary N) is 2. The number of hydrogen-bond donors (Lipinski definition) is 2. The predicted molar refractivity (Wildman–Crippen MR) is 52.6 cm³/mol. The van der Waals surface area contributed by atoms with E-state index in [-0.39, 0.29) is 17.1 Å². The zero-order valence-corrected chi connectivity index (χ0v) is 7.90. The summed E-state index contributed by atoms with van der Waals surface area (Å²) in [7, 11) is 5.15. The summed E-state index contributed by atoms with van der Waals surface area (Å²) in [5.41, 5.74) is 10.5. The van der Waals surface area contributed by atoms with Gasteiger partial charge in [-0.3, -0.25) is 9.36 Å². The van der Waals surface area contributed by atoms with Gasteiger partial charge in [-0.1, -0.05) is 0 Å². The van der Waals surface area contributed by atoms with Crippen LogP contribution in [-0.2, 0) is 7.05 Å². The molecule has 0 saturated heterocycles. The molecule has 6 heteroatoms. The van der Waals surface area contributed by atoms with Gasteiger partial charge < -0.3 is 16.4 Å². The molecule has 13 heavy (non-hydrogen) atoms. The topological polar surface area (TPSA) is 90.2 Å². The van der Waals surface area contributed by atoms with Crippen molar-refractivity contribution in [2.45, 2.75) is 0 Å². The Morgan fingerprint density at radius 3 is 2.38 bits per heavy atom. The fourth-order valence-corrected chi connectivity index (χ4v) is 1.02. The molecule has 0 saturated carbocycles. The standard InChI is InChI=1S/C7H13N5O/c1-11(2)7-10-5(9)4(8)6(13)12(7)3/h8-9H2,1-3H3. The Morgan fingerprint density at radius 2 is 1.92 bits per heavy atom.